The molecule has 2 aliphatic rings. The molecule has 36 heavy (non-hydrogen) atoms. The molecule has 0 spiro atoms. The van der Waals surface area contributed by atoms with E-state index in [1.165, 1.54) is 0 Å². The second-order valence-electron chi connectivity index (χ2n) is 9.51. The lowest BCUT2D eigenvalue weighted by molar-refractivity contribution is -0.127. The van der Waals surface area contributed by atoms with E-state index in [2.05, 4.69) is 10.6 Å². The molecule has 1 aliphatic heterocycles. The number of hydrogen-bond donors (Lipinski definition) is 2. The van der Waals surface area contributed by atoms with Crippen LogP contribution in [-0.2, 0) is 4.79 Å². The van der Waals surface area contributed by atoms with Crippen molar-refractivity contribution in [3.8, 4) is 11.5 Å². The van der Waals surface area contributed by atoms with Crippen LogP contribution in [0.5, 0.6) is 11.5 Å². The molecule has 4 rings (SSSR count). The summed E-state index contributed by atoms with van der Waals surface area (Å²) in [4.78, 5) is 40.6. The second kappa shape index (κ2) is 11.9. The Hall–Kier alpha value is -3.55. The van der Waals surface area contributed by atoms with Crippen LogP contribution in [0.15, 0.2) is 48.5 Å². The lowest BCUT2D eigenvalue weighted by Crippen LogP contribution is -2.55. The smallest absolute Gasteiger partial charge is 0.254 e. The van der Waals surface area contributed by atoms with Crippen LogP contribution in [0.2, 0.25) is 0 Å². The highest BCUT2D eigenvalue weighted by atomic mass is 16.5. The van der Waals surface area contributed by atoms with Gasteiger partial charge in [0, 0.05) is 48.3 Å². The predicted octanol–water partition coefficient (Wildman–Crippen LogP) is 3.41. The maximum absolute atomic E-state index is 13.1. The standard InChI is InChI=1S/C28H35N3O5/c1-35-22-16-21(17-23(18-22)36-2)28(34)31-14-12-20(13-15-31)27(33)30-25-11-7-6-10-24(25)29-26(32)19-8-4-3-5-9-19/h3-5,8-9,16-18,20,24-25H,6-7,10-15H2,1-2H3,(H,29,32)(H,30,33)/t24-,25?/m1/s1. The topological polar surface area (TPSA) is 97.0 Å². The van der Waals surface area contributed by atoms with Gasteiger partial charge in [-0.25, -0.2) is 0 Å². The van der Waals surface area contributed by atoms with Gasteiger partial charge in [-0.3, -0.25) is 14.4 Å². The number of hydrogen-bond acceptors (Lipinski definition) is 5. The Kier molecular flexibility index (Phi) is 8.46. The van der Waals surface area contributed by atoms with Gasteiger partial charge in [-0.15, -0.1) is 0 Å². The van der Waals surface area contributed by atoms with Gasteiger partial charge < -0.3 is 25.0 Å². The van der Waals surface area contributed by atoms with Crippen molar-refractivity contribution in [2.75, 3.05) is 27.3 Å². The van der Waals surface area contributed by atoms with Gasteiger partial charge in [0.25, 0.3) is 11.8 Å². The number of amides is 3. The molecule has 1 heterocycles. The van der Waals surface area contributed by atoms with Crippen molar-refractivity contribution in [2.24, 2.45) is 5.92 Å². The lowest BCUT2D eigenvalue weighted by atomic mass is 9.88. The third kappa shape index (κ3) is 6.17. The molecular weight excluding hydrogens is 458 g/mol. The molecule has 0 aromatic heterocycles. The predicted molar refractivity (Wildman–Crippen MR) is 136 cm³/mol. The largest absolute Gasteiger partial charge is 0.497 e. The number of nitrogens with zero attached hydrogens (tertiary/aromatic N) is 1. The normalized spacial score (nSPS) is 20.3. The quantitative estimate of drug-likeness (QED) is 0.616. The monoisotopic (exact) mass is 493 g/mol. The number of methoxy groups -OCH3 is 2. The van der Waals surface area contributed by atoms with E-state index in [9.17, 15) is 14.4 Å². The van der Waals surface area contributed by atoms with Gasteiger partial charge in [0.05, 0.1) is 14.2 Å². The Labute approximate surface area is 212 Å². The number of rotatable bonds is 7. The third-order valence-corrected chi connectivity index (χ3v) is 7.20. The molecule has 0 bridgehead atoms. The highest BCUT2D eigenvalue weighted by Crippen LogP contribution is 2.26. The summed E-state index contributed by atoms with van der Waals surface area (Å²) in [7, 11) is 3.11. The van der Waals surface area contributed by atoms with E-state index < -0.39 is 0 Å². The van der Waals surface area contributed by atoms with Crippen LogP contribution in [-0.4, -0.2) is 62.0 Å². The minimum atomic E-state index is -0.152. The molecule has 3 amide bonds. The Morgan fingerprint density at radius 3 is 1.94 bits per heavy atom. The number of nitrogens with one attached hydrogen (secondary N) is 2. The molecular formula is C28H35N3O5. The maximum Gasteiger partial charge on any atom is 0.254 e. The number of carbonyl (C=O) groups excluding carboxylic acids is 3. The van der Waals surface area contributed by atoms with Gasteiger partial charge in [0.1, 0.15) is 11.5 Å². The number of piperidine rings is 1. The minimum absolute atomic E-state index is 0.0102. The average Bonchev–Trinajstić information content (AvgIpc) is 2.93. The molecule has 8 heteroatoms. The van der Waals surface area contributed by atoms with Crippen LogP contribution >= 0.6 is 0 Å². The first kappa shape index (κ1) is 25.5. The summed E-state index contributed by atoms with van der Waals surface area (Å²) < 4.78 is 10.6. The molecule has 192 valence electrons. The Balaban J connectivity index is 1.31. The number of ether oxygens (including phenoxy) is 2. The molecule has 2 N–H and O–H groups in total. The van der Waals surface area contributed by atoms with Gasteiger partial charge in [-0.1, -0.05) is 31.0 Å². The van der Waals surface area contributed by atoms with E-state index in [0.29, 0.717) is 48.6 Å². The van der Waals surface area contributed by atoms with Crippen LogP contribution in [0.3, 0.4) is 0 Å². The van der Waals surface area contributed by atoms with E-state index in [1.807, 2.05) is 18.2 Å². The van der Waals surface area contributed by atoms with E-state index in [0.717, 1.165) is 25.7 Å². The van der Waals surface area contributed by atoms with Crippen molar-refractivity contribution in [3.05, 3.63) is 59.7 Å². The number of carbonyl (C=O) groups is 3. The van der Waals surface area contributed by atoms with Crippen molar-refractivity contribution >= 4 is 17.7 Å². The van der Waals surface area contributed by atoms with Gasteiger partial charge in [0.15, 0.2) is 0 Å². The van der Waals surface area contributed by atoms with Crippen LogP contribution in [0.4, 0.5) is 0 Å². The zero-order valence-electron chi connectivity index (χ0n) is 21.0. The van der Waals surface area contributed by atoms with Crippen LogP contribution in [0, 0.1) is 5.92 Å². The van der Waals surface area contributed by atoms with Crippen LogP contribution in [0.1, 0.15) is 59.2 Å². The van der Waals surface area contributed by atoms with E-state index in [4.69, 9.17) is 9.47 Å². The fourth-order valence-electron chi connectivity index (χ4n) is 5.08. The zero-order chi connectivity index (χ0) is 25.5. The summed E-state index contributed by atoms with van der Waals surface area (Å²) in [6.07, 6.45) is 4.96. The number of benzene rings is 2. The molecule has 1 unspecified atom stereocenters. The molecule has 8 nitrogen and oxygen atoms in total. The SMILES string of the molecule is COc1cc(OC)cc(C(=O)N2CCC(C(=O)NC3CCCC[C@H]3NC(=O)c3ccccc3)CC2)c1. The highest BCUT2D eigenvalue weighted by molar-refractivity contribution is 5.95. The van der Waals surface area contributed by atoms with Crippen molar-refractivity contribution in [3.63, 3.8) is 0 Å². The maximum atomic E-state index is 13.1. The molecule has 0 radical (unpaired) electrons. The summed E-state index contributed by atoms with van der Waals surface area (Å²) in [5.41, 5.74) is 1.13. The van der Waals surface area contributed by atoms with E-state index in [1.54, 1.807) is 49.5 Å². The zero-order valence-corrected chi connectivity index (χ0v) is 21.0. The van der Waals surface area contributed by atoms with Crippen molar-refractivity contribution in [1.82, 2.24) is 15.5 Å². The summed E-state index contributed by atoms with van der Waals surface area (Å²) in [6.45, 7) is 1.02. The third-order valence-electron chi connectivity index (χ3n) is 7.20. The minimum Gasteiger partial charge on any atom is -0.497 e. The van der Waals surface area contributed by atoms with Gasteiger partial charge >= 0.3 is 0 Å². The summed E-state index contributed by atoms with van der Waals surface area (Å²) >= 11 is 0. The number of likely N-dealkylation sites (tertiary alicyclic amines) is 1. The van der Waals surface area contributed by atoms with Crippen LogP contribution < -0.4 is 20.1 Å². The van der Waals surface area contributed by atoms with E-state index in [-0.39, 0.29) is 35.7 Å². The van der Waals surface area contributed by atoms with Crippen LogP contribution in [0.25, 0.3) is 0 Å². The van der Waals surface area contributed by atoms with Crippen molar-refractivity contribution < 1.29 is 23.9 Å². The second-order valence-corrected chi connectivity index (χ2v) is 9.51. The Morgan fingerprint density at radius 2 is 1.36 bits per heavy atom. The average molecular weight is 494 g/mol. The lowest BCUT2D eigenvalue weighted by Gasteiger charge is -2.36. The van der Waals surface area contributed by atoms with Gasteiger partial charge in [-0.2, -0.15) is 0 Å². The first-order chi connectivity index (χ1) is 17.5. The first-order valence-electron chi connectivity index (χ1n) is 12.7. The fourth-order valence-corrected chi connectivity index (χ4v) is 5.08. The van der Waals surface area contributed by atoms with Crippen molar-refractivity contribution in [1.29, 1.82) is 0 Å². The highest BCUT2D eigenvalue weighted by Gasteiger charge is 2.33. The molecule has 2 aromatic rings. The molecule has 2 fully saturated rings. The summed E-state index contributed by atoms with van der Waals surface area (Å²) in [6, 6.07) is 14.1. The molecule has 2 aromatic carbocycles. The van der Waals surface area contributed by atoms with E-state index >= 15 is 0 Å². The molecule has 2 atom stereocenters. The molecule has 1 saturated carbocycles. The fraction of sp³-hybridized carbons (Fsp3) is 0.464. The van der Waals surface area contributed by atoms with Gasteiger partial charge in [0.2, 0.25) is 5.91 Å². The Bertz CT molecular complexity index is 1040. The Morgan fingerprint density at radius 1 is 0.778 bits per heavy atom. The van der Waals surface area contributed by atoms with Gasteiger partial charge in [-0.05, 0) is 49.9 Å². The molecule has 1 aliphatic carbocycles. The first-order valence-corrected chi connectivity index (χ1v) is 12.7. The van der Waals surface area contributed by atoms with Crippen molar-refractivity contribution in [2.45, 2.75) is 50.6 Å². The molecule has 1 saturated heterocycles. The summed E-state index contributed by atoms with van der Waals surface area (Å²) in [5.74, 6) is 0.781. The summed E-state index contributed by atoms with van der Waals surface area (Å²) in [5, 5.41) is 6.34.